The van der Waals surface area contributed by atoms with Gasteiger partial charge >= 0.3 is 0 Å². The van der Waals surface area contributed by atoms with Crippen molar-refractivity contribution in [2.75, 3.05) is 37.7 Å². The van der Waals surface area contributed by atoms with Crippen molar-refractivity contribution in [2.24, 2.45) is 0 Å². The Morgan fingerprint density at radius 2 is 1.85 bits per heavy atom. The van der Waals surface area contributed by atoms with Gasteiger partial charge in [0.05, 0.1) is 16.7 Å². The Morgan fingerprint density at radius 1 is 1.15 bits per heavy atom. The standard InChI is InChI=1S/C19H20Cl2FN3O2/c20-14-12-17(21)19(23-13-14)25-9-7-24(8-10-25)18(26)2-1-11-27-16-5-3-15(22)4-6-16/h3-6,12-13H,1-2,7-11H2. The maximum atomic E-state index is 12.8. The van der Waals surface area contributed by atoms with Crippen LogP contribution in [0, 0.1) is 5.82 Å². The summed E-state index contributed by atoms with van der Waals surface area (Å²) < 4.78 is 18.4. The number of nitrogens with zero attached hydrogens (tertiary/aromatic N) is 3. The van der Waals surface area contributed by atoms with E-state index in [1.165, 1.54) is 12.1 Å². The number of piperazine rings is 1. The number of rotatable bonds is 6. The van der Waals surface area contributed by atoms with E-state index in [2.05, 4.69) is 9.88 Å². The Labute approximate surface area is 167 Å². The second kappa shape index (κ2) is 9.24. The molecule has 27 heavy (non-hydrogen) atoms. The van der Waals surface area contributed by atoms with Gasteiger partial charge in [0.2, 0.25) is 5.91 Å². The maximum Gasteiger partial charge on any atom is 0.222 e. The van der Waals surface area contributed by atoms with E-state index in [0.717, 1.165) is 0 Å². The van der Waals surface area contributed by atoms with Crippen LogP contribution in [0.3, 0.4) is 0 Å². The number of anilines is 1. The van der Waals surface area contributed by atoms with Crippen LogP contribution in [-0.4, -0.2) is 48.6 Å². The Morgan fingerprint density at radius 3 is 2.52 bits per heavy atom. The second-order valence-corrected chi connectivity index (χ2v) is 7.08. The molecule has 0 bridgehead atoms. The Balaban J connectivity index is 1.40. The van der Waals surface area contributed by atoms with Gasteiger partial charge in [-0.3, -0.25) is 4.79 Å². The number of pyridine rings is 1. The molecule has 3 rings (SSSR count). The summed E-state index contributed by atoms with van der Waals surface area (Å²) in [7, 11) is 0. The molecule has 8 heteroatoms. The van der Waals surface area contributed by atoms with E-state index in [1.54, 1.807) is 24.4 Å². The summed E-state index contributed by atoms with van der Waals surface area (Å²) in [5.41, 5.74) is 0. The van der Waals surface area contributed by atoms with Crippen LogP contribution in [0.5, 0.6) is 5.75 Å². The Bertz CT molecular complexity index is 781. The third-order valence-electron chi connectivity index (χ3n) is 4.34. The number of carbonyl (C=O) groups is 1. The number of benzene rings is 1. The van der Waals surface area contributed by atoms with E-state index in [0.29, 0.717) is 67.2 Å². The average Bonchev–Trinajstić information content (AvgIpc) is 2.67. The van der Waals surface area contributed by atoms with Crippen molar-refractivity contribution in [3.05, 3.63) is 52.4 Å². The average molecular weight is 412 g/mol. The summed E-state index contributed by atoms with van der Waals surface area (Å²) in [5.74, 6) is 1.10. The largest absolute Gasteiger partial charge is 0.494 e. The summed E-state index contributed by atoms with van der Waals surface area (Å²) in [6, 6.07) is 7.52. The van der Waals surface area contributed by atoms with Gasteiger partial charge < -0.3 is 14.5 Å². The second-order valence-electron chi connectivity index (χ2n) is 6.23. The molecule has 0 saturated carbocycles. The molecule has 0 spiro atoms. The number of ether oxygens (including phenoxy) is 1. The number of halogens is 3. The van der Waals surface area contributed by atoms with Crippen molar-refractivity contribution in [3.8, 4) is 5.75 Å². The highest BCUT2D eigenvalue weighted by molar-refractivity contribution is 6.36. The highest BCUT2D eigenvalue weighted by atomic mass is 35.5. The normalized spacial score (nSPS) is 14.3. The number of aromatic nitrogens is 1. The molecule has 1 amide bonds. The molecule has 1 saturated heterocycles. The first kappa shape index (κ1) is 19.7. The third-order valence-corrected chi connectivity index (χ3v) is 4.82. The first-order valence-electron chi connectivity index (χ1n) is 8.75. The molecule has 5 nitrogen and oxygen atoms in total. The minimum atomic E-state index is -0.299. The van der Waals surface area contributed by atoms with Gasteiger partial charge in [0, 0.05) is 38.8 Å². The minimum Gasteiger partial charge on any atom is -0.494 e. The van der Waals surface area contributed by atoms with Crippen molar-refractivity contribution in [2.45, 2.75) is 12.8 Å². The lowest BCUT2D eigenvalue weighted by Gasteiger charge is -2.35. The zero-order chi connectivity index (χ0) is 19.2. The lowest BCUT2D eigenvalue weighted by Crippen LogP contribution is -2.49. The molecule has 0 aliphatic carbocycles. The number of hydrogen-bond acceptors (Lipinski definition) is 4. The van der Waals surface area contributed by atoms with E-state index < -0.39 is 0 Å². The van der Waals surface area contributed by atoms with Gasteiger partial charge in [0.25, 0.3) is 0 Å². The summed E-state index contributed by atoms with van der Waals surface area (Å²) in [5, 5.41) is 1.01. The van der Waals surface area contributed by atoms with E-state index in [-0.39, 0.29) is 11.7 Å². The fourth-order valence-corrected chi connectivity index (χ4v) is 3.41. The zero-order valence-electron chi connectivity index (χ0n) is 14.7. The van der Waals surface area contributed by atoms with Crippen LogP contribution >= 0.6 is 23.2 Å². The lowest BCUT2D eigenvalue weighted by molar-refractivity contribution is -0.131. The summed E-state index contributed by atoms with van der Waals surface area (Å²) in [6.45, 7) is 3.01. The number of hydrogen-bond donors (Lipinski definition) is 0. The van der Waals surface area contributed by atoms with Crippen LogP contribution in [0.15, 0.2) is 36.5 Å². The van der Waals surface area contributed by atoms with Gasteiger partial charge in [-0.15, -0.1) is 0 Å². The quantitative estimate of drug-likeness (QED) is 0.672. The van der Waals surface area contributed by atoms with Crippen LogP contribution < -0.4 is 9.64 Å². The predicted molar refractivity (Wildman–Crippen MR) is 104 cm³/mol. The molecule has 1 aromatic heterocycles. The smallest absolute Gasteiger partial charge is 0.222 e. The number of carbonyl (C=O) groups excluding carboxylic acids is 1. The lowest BCUT2D eigenvalue weighted by atomic mass is 10.2. The molecule has 1 aliphatic rings. The summed E-state index contributed by atoms with van der Waals surface area (Å²) in [4.78, 5) is 20.5. The molecular formula is C19H20Cl2FN3O2. The molecular weight excluding hydrogens is 392 g/mol. The van der Waals surface area contributed by atoms with Gasteiger partial charge in [-0.25, -0.2) is 9.37 Å². The van der Waals surface area contributed by atoms with Crippen LogP contribution in [0.1, 0.15) is 12.8 Å². The van der Waals surface area contributed by atoms with Crippen molar-refractivity contribution in [1.82, 2.24) is 9.88 Å². The fourth-order valence-electron chi connectivity index (χ4n) is 2.91. The molecule has 2 aromatic rings. The van der Waals surface area contributed by atoms with Crippen molar-refractivity contribution in [3.63, 3.8) is 0 Å². The monoisotopic (exact) mass is 411 g/mol. The van der Waals surface area contributed by atoms with Gasteiger partial charge in [-0.1, -0.05) is 23.2 Å². The fraction of sp³-hybridized carbons (Fsp3) is 0.368. The molecule has 2 heterocycles. The summed E-state index contributed by atoms with van der Waals surface area (Å²) >= 11 is 12.1. The van der Waals surface area contributed by atoms with Gasteiger partial charge in [0.1, 0.15) is 17.4 Å². The first-order valence-corrected chi connectivity index (χ1v) is 9.50. The highest BCUT2D eigenvalue weighted by Crippen LogP contribution is 2.26. The Hall–Kier alpha value is -2.05. The summed E-state index contributed by atoms with van der Waals surface area (Å²) in [6.07, 6.45) is 2.60. The molecule has 1 aromatic carbocycles. The molecule has 144 valence electrons. The Kier molecular flexibility index (Phi) is 6.74. The van der Waals surface area contributed by atoms with Crippen LogP contribution in [0.25, 0.3) is 0 Å². The van der Waals surface area contributed by atoms with E-state index >= 15 is 0 Å². The van der Waals surface area contributed by atoms with E-state index in [1.807, 2.05) is 4.90 Å². The van der Waals surface area contributed by atoms with E-state index in [4.69, 9.17) is 27.9 Å². The van der Waals surface area contributed by atoms with Crippen molar-refractivity contribution < 1.29 is 13.9 Å². The highest BCUT2D eigenvalue weighted by Gasteiger charge is 2.23. The van der Waals surface area contributed by atoms with Gasteiger partial charge in [-0.05, 0) is 36.8 Å². The van der Waals surface area contributed by atoms with Crippen LogP contribution in [0.4, 0.5) is 10.2 Å². The third kappa shape index (κ3) is 5.47. The molecule has 1 aliphatic heterocycles. The molecule has 0 atom stereocenters. The van der Waals surface area contributed by atoms with E-state index in [9.17, 15) is 9.18 Å². The van der Waals surface area contributed by atoms with Gasteiger partial charge in [0.15, 0.2) is 0 Å². The number of amides is 1. The predicted octanol–water partition coefficient (Wildman–Crippen LogP) is 4.04. The van der Waals surface area contributed by atoms with Crippen LogP contribution in [0.2, 0.25) is 10.0 Å². The molecule has 0 N–H and O–H groups in total. The minimum absolute atomic E-state index is 0.104. The van der Waals surface area contributed by atoms with Crippen LogP contribution in [-0.2, 0) is 4.79 Å². The topological polar surface area (TPSA) is 45.7 Å². The maximum absolute atomic E-state index is 12.8. The molecule has 0 radical (unpaired) electrons. The van der Waals surface area contributed by atoms with Crippen molar-refractivity contribution >= 4 is 34.9 Å². The zero-order valence-corrected chi connectivity index (χ0v) is 16.2. The first-order chi connectivity index (χ1) is 13.0. The molecule has 0 unspecified atom stereocenters. The SMILES string of the molecule is O=C(CCCOc1ccc(F)cc1)N1CCN(c2ncc(Cl)cc2Cl)CC1. The van der Waals surface area contributed by atoms with Gasteiger partial charge in [-0.2, -0.15) is 0 Å². The van der Waals surface area contributed by atoms with Crippen molar-refractivity contribution in [1.29, 1.82) is 0 Å². The molecule has 1 fully saturated rings.